The van der Waals surface area contributed by atoms with Gasteiger partial charge in [-0.2, -0.15) is 0 Å². The molecule has 0 radical (unpaired) electrons. The van der Waals surface area contributed by atoms with E-state index in [4.69, 9.17) is 0 Å². The van der Waals surface area contributed by atoms with E-state index in [9.17, 15) is 14.4 Å². The van der Waals surface area contributed by atoms with Crippen LogP contribution in [0.1, 0.15) is 44.3 Å². The molecule has 3 aliphatic rings. The Kier molecular flexibility index (Phi) is 3.97. The Labute approximate surface area is 146 Å². The molecule has 1 unspecified atom stereocenters. The second-order valence-corrected chi connectivity index (χ2v) is 7.23. The maximum absolute atomic E-state index is 12.6. The Morgan fingerprint density at radius 2 is 2.16 bits per heavy atom. The van der Waals surface area contributed by atoms with E-state index in [1.807, 2.05) is 6.20 Å². The van der Waals surface area contributed by atoms with Gasteiger partial charge in [0.15, 0.2) is 0 Å². The smallest absolute Gasteiger partial charge is 0.325 e. The van der Waals surface area contributed by atoms with E-state index >= 15 is 0 Å². The van der Waals surface area contributed by atoms with Gasteiger partial charge in [0.25, 0.3) is 5.91 Å². The first-order chi connectivity index (χ1) is 12.1. The van der Waals surface area contributed by atoms with Crippen molar-refractivity contribution in [3.63, 3.8) is 0 Å². The van der Waals surface area contributed by atoms with Crippen molar-refractivity contribution in [1.82, 2.24) is 25.1 Å². The molecule has 4 amide bonds. The van der Waals surface area contributed by atoms with Gasteiger partial charge in [-0.15, -0.1) is 0 Å². The number of aryl methyl sites for hydroxylation is 1. The fourth-order valence-electron chi connectivity index (χ4n) is 4.19. The Hall–Kier alpha value is -2.38. The summed E-state index contributed by atoms with van der Waals surface area (Å²) < 4.78 is 2.05. The highest BCUT2D eigenvalue weighted by Crippen LogP contribution is 2.35. The van der Waals surface area contributed by atoms with Gasteiger partial charge in [0.1, 0.15) is 11.4 Å². The molecule has 25 heavy (non-hydrogen) atoms. The van der Waals surface area contributed by atoms with E-state index in [-0.39, 0.29) is 36.9 Å². The molecule has 1 saturated heterocycles. The number of rotatable bonds is 4. The van der Waals surface area contributed by atoms with E-state index in [1.165, 1.54) is 4.90 Å². The van der Waals surface area contributed by atoms with Crippen LogP contribution in [0.25, 0.3) is 0 Å². The van der Waals surface area contributed by atoms with Gasteiger partial charge in [-0.3, -0.25) is 14.5 Å². The van der Waals surface area contributed by atoms with E-state index in [1.54, 1.807) is 6.20 Å². The van der Waals surface area contributed by atoms with Crippen molar-refractivity contribution < 1.29 is 14.4 Å². The summed E-state index contributed by atoms with van der Waals surface area (Å²) in [6.45, 7) is 0.856. The predicted molar refractivity (Wildman–Crippen MR) is 88.5 cm³/mol. The summed E-state index contributed by atoms with van der Waals surface area (Å²) in [7, 11) is 0. The van der Waals surface area contributed by atoms with Crippen molar-refractivity contribution in [2.75, 3.05) is 6.54 Å². The first kappa shape index (κ1) is 16.1. The van der Waals surface area contributed by atoms with Gasteiger partial charge < -0.3 is 15.2 Å². The highest BCUT2D eigenvalue weighted by atomic mass is 16.2. The van der Waals surface area contributed by atoms with Crippen LogP contribution in [0, 0.1) is 0 Å². The van der Waals surface area contributed by atoms with Gasteiger partial charge in [0, 0.05) is 44.4 Å². The zero-order chi connectivity index (χ0) is 17.4. The third-order valence-electron chi connectivity index (χ3n) is 5.57. The number of imide groups is 1. The summed E-state index contributed by atoms with van der Waals surface area (Å²) in [6, 6.07) is -0.293. The number of nitrogens with one attached hydrogen (secondary N) is 2. The van der Waals surface area contributed by atoms with Crippen molar-refractivity contribution in [1.29, 1.82) is 0 Å². The summed E-state index contributed by atoms with van der Waals surface area (Å²) in [5.74, 6) is 0.761. The topological polar surface area (TPSA) is 96.3 Å². The molecule has 1 aliphatic carbocycles. The fraction of sp³-hybridized carbons (Fsp3) is 0.647. The van der Waals surface area contributed by atoms with Crippen LogP contribution >= 0.6 is 0 Å². The van der Waals surface area contributed by atoms with Crippen molar-refractivity contribution >= 4 is 17.8 Å². The number of amides is 4. The minimum atomic E-state index is -0.700. The monoisotopic (exact) mass is 345 g/mol. The number of hydrogen-bond acceptors (Lipinski definition) is 4. The maximum Gasteiger partial charge on any atom is 0.325 e. The molecular formula is C17H23N5O3. The van der Waals surface area contributed by atoms with E-state index in [0.717, 1.165) is 31.5 Å². The Bertz CT molecular complexity index is 707. The molecule has 3 heterocycles. The van der Waals surface area contributed by atoms with Crippen LogP contribution < -0.4 is 10.6 Å². The van der Waals surface area contributed by atoms with Gasteiger partial charge in [-0.1, -0.05) is 12.8 Å². The van der Waals surface area contributed by atoms with Crippen molar-refractivity contribution in [2.24, 2.45) is 0 Å². The van der Waals surface area contributed by atoms with Crippen molar-refractivity contribution in [2.45, 2.75) is 63.1 Å². The molecule has 134 valence electrons. The van der Waals surface area contributed by atoms with Crippen LogP contribution in [0.15, 0.2) is 12.4 Å². The zero-order valence-electron chi connectivity index (χ0n) is 14.2. The lowest BCUT2D eigenvalue weighted by Crippen LogP contribution is -2.44. The molecule has 0 bridgehead atoms. The molecule has 2 aliphatic heterocycles. The molecule has 2 fully saturated rings. The summed E-state index contributed by atoms with van der Waals surface area (Å²) in [5.41, 5.74) is -0.700. The summed E-state index contributed by atoms with van der Waals surface area (Å²) in [5, 5.41) is 5.84. The number of urea groups is 1. The Morgan fingerprint density at radius 3 is 2.96 bits per heavy atom. The zero-order valence-corrected chi connectivity index (χ0v) is 14.2. The molecule has 0 aromatic carbocycles. The summed E-state index contributed by atoms with van der Waals surface area (Å²) in [6.07, 6.45) is 8.85. The number of imidazole rings is 1. The van der Waals surface area contributed by atoms with Crippen LogP contribution in [-0.2, 0) is 22.6 Å². The third-order valence-corrected chi connectivity index (χ3v) is 5.57. The first-order valence-electron chi connectivity index (χ1n) is 9.01. The lowest BCUT2D eigenvalue weighted by atomic mass is 9.98. The lowest BCUT2D eigenvalue weighted by molar-refractivity contribution is -0.131. The summed E-state index contributed by atoms with van der Waals surface area (Å²) in [4.78, 5) is 42.4. The molecule has 1 aromatic rings. The lowest BCUT2D eigenvalue weighted by Gasteiger charge is -2.25. The van der Waals surface area contributed by atoms with E-state index < -0.39 is 5.54 Å². The van der Waals surface area contributed by atoms with Gasteiger partial charge in [0.2, 0.25) is 5.91 Å². The minimum Gasteiger partial charge on any atom is -0.352 e. The summed E-state index contributed by atoms with van der Waals surface area (Å²) >= 11 is 0. The minimum absolute atomic E-state index is 0.0680. The van der Waals surface area contributed by atoms with Gasteiger partial charge in [0.05, 0.1) is 0 Å². The maximum atomic E-state index is 12.6. The molecule has 8 heteroatoms. The highest BCUT2D eigenvalue weighted by molar-refractivity contribution is 6.07. The molecule has 1 aromatic heterocycles. The quantitative estimate of drug-likeness (QED) is 0.780. The number of carbonyl (C=O) groups is 3. The van der Waals surface area contributed by atoms with Crippen LogP contribution in [0.4, 0.5) is 4.79 Å². The second-order valence-electron chi connectivity index (χ2n) is 7.23. The Morgan fingerprint density at radius 1 is 1.36 bits per heavy atom. The third kappa shape index (κ3) is 2.89. The molecule has 1 saturated carbocycles. The largest absolute Gasteiger partial charge is 0.352 e. The Balaban J connectivity index is 1.29. The molecule has 8 nitrogen and oxygen atoms in total. The molecule has 1 spiro atoms. The normalized spacial score (nSPS) is 24.5. The van der Waals surface area contributed by atoms with Crippen LogP contribution in [0.3, 0.4) is 0 Å². The number of aromatic nitrogens is 2. The van der Waals surface area contributed by atoms with Gasteiger partial charge in [-0.05, 0) is 19.3 Å². The average molecular weight is 345 g/mol. The standard InChI is InChI=1S/C17H23N5O3/c23-14(19-12-3-4-13-18-8-10-21(13)11-12)5-9-22-15(24)17(20-16(22)25)6-1-2-7-17/h8,10,12H,1-7,9,11H2,(H,19,23)(H,20,25). The van der Waals surface area contributed by atoms with Crippen LogP contribution in [0.5, 0.6) is 0 Å². The SMILES string of the molecule is O=C(CCN1C(=O)NC2(CCCC2)C1=O)NC1CCc2nccn2C1. The second kappa shape index (κ2) is 6.16. The molecular weight excluding hydrogens is 322 g/mol. The predicted octanol–water partition coefficient (Wildman–Crippen LogP) is 0.569. The van der Waals surface area contributed by atoms with Crippen molar-refractivity contribution in [3.8, 4) is 0 Å². The van der Waals surface area contributed by atoms with E-state index in [2.05, 4.69) is 20.2 Å². The number of carbonyl (C=O) groups excluding carboxylic acids is 3. The number of nitrogens with zero attached hydrogens (tertiary/aromatic N) is 3. The molecule has 4 rings (SSSR count). The average Bonchev–Trinajstić information content (AvgIpc) is 3.28. The van der Waals surface area contributed by atoms with E-state index in [0.29, 0.717) is 19.4 Å². The number of hydrogen-bond donors (Lipinski definition) is 2. The van der Waals surface area contributed by atoms with Gasteiger partial charge >= 0.3 is 6.03 Å². The van der Waals surface area contributed by atoms with Crippen molar-refractivity contribution in [3.05, 3.63) is 18.2 Å². The van der Waals surface area contributed by atoms with Crippen LogP contribution in [0.2, 0.25) is 0 Å². The fourth-order valence-corrected chi connectivity index (χ4v) is 4.19. The molecule has 1 atom stereocenters. The van der Waals surface area contributed by atoms with Crippen LogP contribution in [-0.4, -0.2) is 50.4 Å². The number of fused-ring (bicyclic) bond motifs is 1. The molecule has 2 N–H and O–H groups in total. The highest BCUT2D eigenvalue weighted by Gasteiger charge is 2.52. The van der Waals surface area contributed by atoms with Gasteiger partial charge in [-0.25, -0.2) is 9.78 Å². The first-order valence-corrected chi connectivity index (χ1v) is 9.01.